The average molecular weight is 389 g/mol. The van der Waals surface area contributed by atoms with Crippen LogP contribution in [0.3, 0.4) is 0 Å². The van der Waals surface area contributed by atoms with E-state index in [9.17, 15) is 0 Å². The van der Waals surface area contributed by atoms with Crippen molar-refractivity contribution < 1.29 is 9.05 Å². The summed E-state index contributed by atoms with van der Waals surface area (Å²) in [7, 11) is 0. The van der Waals surface area contributed by atoms with E-state index >= 15 is 0 Å². The van der Waals surface area contributed by atoms with Gasteiger partial charge in [0.15, 0.2) is 5.82 Å². The van der Waals surface area contributed by atoms with Crippen LogP contribution in [0.25, 0.3) is 11.4 Å². The number of halogens is 1. The van der Waals surface area contributed by atoms with Crippen molar-refractivity contribution in [2.75, 3.05) is 13.1 Å². The second-order valence-corrected chi connectivity index (χ2v) is 7.33. The van der Waals surface area contributed by atoms with Gasteiger partial charge in [-0.3, -0.25) is 9.88 Å². The lowest BCUT2D eigenvalue weighted by molar-refractivity contribution is 0.144. The third-order valence-corrected chi connectivity index (χ3v) is 5.63. The number of hydrogen-bond donors (Lipinski definition) is 0. The lowest BCUT2D eigenvalue weighted by Gasteiger charge is -2.31. The van der Waals surface area contributed by atoms with Crippen LogP contribution in [-0.2, 0) is 6.54 Å². The van der Waals surface area contributed by atoms with Gasteiger partial charge >= 0.3 is 0 Å². The van der Waals surface area contributed by atoms with E-state index in [1.54, 1.807) is 12.4 Å². The third kappa shape index (κ3) is 3.46. The fourth-order valence-corrected chi connectivity index (χ4v) is 3.99. The lowest BCUT2D eigenvalue weighted by atomic mass is 9.91. The Kier molecular flexibility index (Phi) is 4.69. The molecule has 4 heterocycles. The van der Waals surface area contributed by atoms with Gasteiger partial charge in [-0.2, -0.15) is 9.97 Å². The summed E-state index contributed by atoms with van der Waals surface area (Å²) in [5, 5.41) is 7.99. The Bertz CT molecular complexity index is 903. The van der Waals surface area contributed by atoms with Crippen LogP contribution in [-0.4, -0.2) is 43.3 Å². The van der Waals surface area contributed by atoms with Crippen LogP contribution >= 0.6 is 12.4 Å². The average Bonchev–Trinajstić information content (AvgIpc) is 3.01. The number of piperidine rings is 1. The van der Waals surface area contributed by atoms with Crippen molar-refractivity contribution in [3.63, 3.8) is 0 Å². The molecule has 8 nitrogen and oxygen atoms in total. The second kappa shape index (κ2) is 7.01. The van der Waals surface area contributed by atoms with Gasteiger partial charge in [0.05, 0.1) is 6.54 Å². The number of nitrogens with zero attached hydrogens (tertiary/aromatic N) is 6. The highest BCUT2D eigenvalue weighted by Crippen LogP contribution is 2.64. The van der Waals surface area contributed by atoms with Gasteiger partial charge in [-0.25, -0.2) is 0 Å². The van der Waals surface area contributed by atoms with E-state index in [1.807, 2.05) is 19.1 Å². The minimum atomic E-state index is 0. The number of pyridine rings is 1. The first-order valence-electron chi connectivity index (χ1n) is 8.97. The molecular formula is C18H21ClN6O2. The highest BCUT2D eigenvalue weighted by Gasteiger charge is 2.58. The molecule has 0 aromatic carbocycles. The minimum absolute atomic E-state index is 0. The molecule has 2 fully saturated rings. The summed E-state index contributed by atoms with van der Waals surface area (Å²) < 4.78 is 10.8. The van der Waals surface area contributed by atoms with Crippen LogP contribution in [0, 0.1) is 12.3 Å². The fourth-order valence-electron chi connectivity index (χ4n) is 3.99. The number of hydrogen-bond acceptors (Lipinski definition) is 8. The molecule has 1 saturated heterocycles. The quantitative estimate of drug-likeness (QED) is 0.673. The molecule has 1 unspecified atom stereocenters. The maximum atomic E-state index is 5.56. The molecule has 142 valence electrons. The Morgan fingerprint density at radius 1 is 1.19 bits per heavy atom. The Hall–Kier alpha value is -2.32. The topological polar surface area (TPSA) is 94.0 Å². The van der Waals surface area contributed by atoms with E-state index < -0.39 is 0 Å². The zero-order chi connectivity index (χ0) is 17.6. The molecule has 3 aromatic heterocycles. The van der Waals surface area contributed by atoms with Crippen molar-refractivity contribution in [2.24, 2.45) is 5.41 Å². The molecule has 9 heteroatoms. The van der Waals surface area contributed by atoms with Crippen LogP contribution in [0.5, 0.6) is 0 Å². The number of aryl methyl sites for hydroxylation is 1. The van der Waals surface area contributed by atoms with Crippen molar-refractivity contribution in [1.82, 2.24) is 30.2 Å². The summed E-state index contributed by atoms with van der Waals surface area (Å²) >= 11 is 0. The molecule has 1 aliphatic carbocycles. The van der Waals surface area contributed by atoms with Crippen LogP contribution in [0.1, 0.15) is 42.8 Å². The van der Waals surface area contributed by atoms with Crippen LogP contribution in [0.2, 0.25) is 0 Å². The first kappa shape index (κ1) is 18.1. The third-order valence-electron chi connectivity index (χ3n) is 5.63. The molecule has 0 amide bonds. The molecule has 0 radical (unpaired) electrons. The number of aromatic nitrogens is 5. The minimum Gasteiger partial charge on any atom is -0.339 e. The van der Waals surface area contributed by atoms with Crippen molar-refractivity contribution in [1.29, 1.82) is 0 Å². The van der Waals surface area contributed by atoms with Crippen molar-refractivity contribution in [3.05, 3.63) is 42.1 Å². The molecule has 0 N–H and O–H groups in total. The maximum Gasteiger partial charge on any atom is 0.240 e. The van der Waals surface area contributed by atoms with E-state index in [0.717, 1.165) is 50.4 Å². The summed E-state index contributed by atoms with van der Waals surface area (Å²) in [5.74, 6) is 3.16. The van der Waals surface area contributed by atoms with E-state index in [2.05, 4.69) is 30.2 Å². The van der Waals surface area contributed by atoms with Gasteiger partial charge in [0.25, 0.3) is 0 Å². The van der Waals surface area contributed by atoms with Gasteiger partial charge in [0, 0.05) is 23.9 Å². The summed E-state index contributed by atoms with van der Waals surface area (Å²) in [6.45, 7) is 4.63. The van der Waals surface area contributed by atoms with Gasteiger partial charge < -0.3 is 9.05 Å². The van der Waals surface area contributed by atoms with Crippen LogP contribution < -0.4 is 0 Å². The normalized spacial score (nSPS) is 21.1. The zero-order valence-electron chi connectivity index (χ0n) is 15.0. The smallest absolute Gasteiger partial charge is 0.240 e. The van der Waals surface area contributed by atoms with Gasteiger partial charge in [0.2, 0.25) is 17.6 Å². The largest absolute Gasteiger partial charge is 0.339 e. The molecule has 3 aromatic rings. The summed E-state index contributed by atoms with van der Waals surface area (Å²) in [6.07, 6.45) is 6.90. The molecule has 1 atom stereocenters. The molecule has 1 saturated carbocycles. The predicted octanol–water partition coefficient (Wildman–Crippen LogP) is 3.01. The molecule has 27 heavy (non-hydrogen) atoms. The molecule has 1 aliphatic heterocycles. The molecular weight excluding hydrogens is 368 g/mol. The standard InChI is InChI=1S/C18H20N6O2.ClH/c1-12-20-15(25-22-12)11-24-7-4-18(5-8-24)9-14(18)17-21-16(23-26-17)13-3-2-6-19-10-13;/h2-3,6,10,14H,4-5,7-9,11H2,1H3;1H. The molecule has 1 spiro atoms. The Morgan fingerprint density at radius 3 is 2.74 bits per heavy atom. The zero-order valence-corrected chi connectivity index (χ0v) is 15.9. The Balaban J connectivity index is 0.00000180. The molecule has 0 bridgehead atoms. The van der Waals surface area contributed by atoms with Crippen molar-refractivity contribution in [2.45, 2.75) is 38.6 Å². The van der Waals surface area contributed by atoms with E-state index in [4.69, 9.17) is 9.05 Å². The van der Waals surface area contributed by atoms with Gasteiger partial charge in [-0.05, 0) is 56.8 Å². The maximum absolute atomic E-state index is 5.56. The highest BCUT2D eigenvalue weighted by molar-refractivity contribution is 5.85. The van der Waals surface area contributed by atoms with Crippen molar-refractivity contribution in [3.8, 4) is 11.4 Å². The van der Waals surface area contributed by atoms with Crippen molar-refractivity contribution >= 4 is 12.4 Å². The van der Waals surface area contributed by atoms with Gasteiger partial charge in [0.1, 0.15) is 0 Å². The first-order chi connectivity index (χ1) is 12.7. The monoisotopic (exact) mass is 388 g/mol. The number of rotatable bonds is 4. The van der Waals surface area contributed by atoms with Crippen LogP contribution in [0.15, 0.2) is 33.6 Å². The first-order valence-corrected chi connectivity index (χ1v) is 8.97. The highest BCUT2D eigenvalue weighted by atomic mass is 35.5. The van der Waals surface area contributed by atoms with E-state index in [-0.39, 0.29) is 12.4 Å². The lowest BCUT2D eigenvalue weighted by Crippen LogP contribution is -2.34. The number of likely N-dealkylation sites (tertiary alicyclic amines) is 1. The van der Waals surface area contributed by atoms with Gasteiger partial charge in [-0.15, -0.1) is 12.4 Å². The summed E-state index contributed by atoms with van der Waals surface area (Å²) in [4.78, 5) is 15.4. The Labute approximate surface area is 162 Å². The molecule has 2 aliphatic rings. The SMILES string of the molecule is Cc1noc(CN2CCC3(CC2)CC3c2nc(-c3cccnc3)no2)n1.Cl. The van der Waals surface area contributed by atoms with E-state index in [1.165, 1.54) is 0 Å². The van der Waals surface area contributed by atoms with Gasteiger partial charge in [-0.1, -0.05) is 10.3 Å². The second-order valence-electron chi connectivity index (χ2n) is 7.33. The fraction of sp³-hybridized carbons (Fsp3) is 0.500. The Morgan fingerprint density at radius 2 is 2.04 bits per heavy atom. The van der Waals surface area contributed by atoms with E-state index in [0.29, 0.717) is 28.9 Å². The summed E-state index contributed by atoms with van der Waals surface area (Å²) in [5.41, 5.74) is 1.21. The predicted molar refractivity (Wildman–Crippen MR) is 98.1 cm³/mol. The summed E-state index contributed by atoms with van der Waals surface area (Å²) in [6, 6.07) is 3.83. The molecule has 5 rings (SSSR count). The van der Waals surface area contributed by atoms with Crippen LogP contribution in [0.4, 0.5) is 0 Å².